The van der Waals surface area contributed by atoms with Crippen molar-refractivity contribution in [1.29, 1.82) is 0 Å². The maximum absolute atomic E-state index is 13.0. The summed E-state index contributed by atoms with van der Waals surface area (Å²) < 4.78 is 8.12. The van der Waals surface area contributed by atoms with Gasteiger partial charge >= 0.3 is 0 Å². The van der Waals surface area contributed by atoms with Crippen molar-refractivity contribution in [2.45, 2.75) is 19.5 Å². The first kappa shape index (κ1) is 24.2. The number of hydrogen-bond acceptors (Lipinski definition) is 4. The highest BCUT2D eigenvalue weighted by Gasteiger charge is 2.24. The van der Waals surface area contributed by atoms with Gasteiger partial charge in [0.1, 0.15) is 6.61 Å². The number of aromatic nitrogens is 2. The Hall–Kier alpha value is -3.48. The summed E-state index contributed by atoms with van der Waals surface area (Å²) in [5.74, 6) is 0.479. The number of rotatable bonds is 8. The molecule has 0 unspecified atom stereocenters. The van der Waals surface area contributed by atoms with E-state index >= 15 is 0 Å². The number of benzene rings is 3. The van der Waals surface area contributed by atoms with Crippen molar-refractivity contribution in [2.24, 2.45) is 0 Å². The number of carbonyl (C=O) groups is 1. The van der Waals surface area contributed by atoms with Gasteiger partial charge in [0.15, 0.2) is 5.75 Å². The molecule has 36 heavy (non-hydrogen) atoms. The quantitative estimate of drug-likeness (QED) is 0.328. The molecule has 0 aliphatic carbocycles. The van der Waals surface area contributed by atoms with E-state index in [-0.39, 0.29) is 5.91 Å². The lowest BCUT2D eigenvalue weighted by Gasteiger charge is -2.32. The van der Waals surface area contributed by atoms with Crippen LogP contribution in [-0.4, -0.2) is 35.2 Å². The number of ether oxygens (including phenoxy) is 1. The summed E-state index contributed by atoms with van der Waals surface area (Å²) in [5.41, 5.74) is 4.80. The van der Waals surface area contributed by atoms with E-state index in [1.807, 2.05) is 79.3 Å². The molecular formula is C28H26Cl2N4O2. The molecule has 0 saturated carbocycles. The molecule has 0 spiro atoms. The summed E-state index contributed by atoms with van der Waals surface area (Å²) in [6, 6.07) is 21.2. The molecule has 0 radical (unpaired) electrons. The Labute approximate surface area is 220 Å². The number of carbonyl (C=O) groups excluding carboxylic acids is 1. The van der Waals surface area contributed by atoms with E-state index in [2.05, 4.69) is 19.8 Å². The number of para-hydroxylation sites is 1. The number of halogens is 2. The standard InChI is InChI=1S/C28H26Cl2N4O2/c29-22-8-4-20(5-9-22)12-13-32-28(35)25-2-1-3-26-27(25)36-15-14-33(26)18-24-16-31-19-34(24)17-21-6-10-23(30)11-7-21/h1-11,16,19H,12-15,17-18H2,(H,32,35). The zero-order chi connectivity index (χ0) is 24.9. The maximum Gasteiger partial charge on any atom is 0.255 e. The van der Waals surface area contributed by atoms with E-state index in [0.717, 1.165) is 40.5 Å². The van der Waals surface area contributed by atoms with E-state index in [4.69, 9.17) is 27.9 Å². The van der Waals surface area contributed by atoms with Crippen molar-refractivity contribution >= 4 is 34.8 Å². The minimum Gasteiger partial charge on any atom is -0.489 e. The number of amides is 1. The van der Waals surface area contributed by atoms with Gasteiger partial charge in [0.05, 0.1) is 36.4 Å². The van der Waals surface area contributed by atoms with Gasteiger partial charge in [0, 0.05) is 29.3 Å². The van der Waals surface area contributed by atoms with Crippen LogP contribution in [0.4, 0.5) is 5.69 Å². The molecule has 1 amide bonds. The van der Waals surface area contributed by atoms with Crippen molar-refractivity contribution < 1.29 is 9.53 Å². The molecule has 3 aromatic carbocycles. The second-order valence-corrected chi connectivity index (χ2v) is 9.57. The van der Waals surface area contributed by atoms with E-state index in [1.54, 1.807) is 0 Å². The van der Waals surface area contributed by atoms with Gasteiger partial charge in [-0.15, -0.1) is 0 Å². The fourth-order valence-corrected chi connectivity index (χ4v) is 4.57. The topological polar surface area (TPSA) is 59.4 Å². The molecular weight excluding hydrogens is 495 g/mol. The van der Waals surface area contributed by atoms with Crippen LogP contribution in [0.3, 0.4) is 0 Å². The zero-order valence-corrected chi connectivity index (χ0v) is 21.2. The van der Waals surface area contributed by atoms with Crippen LogP contribution in [0.5, 0.6) is 5.75 Å². The summed E-state index contributed by atoms with van der Waals surface area (Å²) in [6.45, 7) is 3.12. The second-order valence-electron chi connectivity index (χ2n) is 8.70. The summed E-state index contributed by atoms with van der Waals surface area (Å²) in [4.78, 5) is 19.6. The summed E-state index contributed by atoms with van der Waals surface area (Å²) >= 11 is 12.0. The molecule has 1 aliphatic heterocycles. The predicted octanol–water partition coefficient (Wildman–Crippen LogP) is 5.61. The molecule has 0 fully saturated rings. The van der Waals surface area contributed by atoms with E-state index in [1.165, 1.54) is 0 Å². The van der Waals surface area contributed by atoms with E-state index < -0.39 is 0 Å². The largest absolute Gasteiger partial charge is 0.489 e. The fourth-order valence-electron chi connectivity index (χ4n) is 4.32. The fraction of sp³-hybridized carbons (Fsp3) is 0.214. The number of fused-ring (bicyclic) bond motifs is 1. The van der Waals surface area contributed by atoms with Gasteiger partial charge in [-0.3, -0.25) is 4.79 Å². The average Bonchev–Trinajstić information content (AvgIpc) is 3.32. The normalized spacial score (nSPS) is 12.7. The maximum atomic E-state index is 13.0. The summed E-state index contributed by atoms with van der Waals surface area (Å²) in [7, 11) is 0. The number of nitrogens with one attached hydrogen (secondary N) is 1. The molecule has 8 heteroatoms. The van der Waals surface area contributed by atoms with Gasteiger partial charge in [-0.1, -0.05) is 53.5 Å². The molecule has 4 aromatic rings. The monoisotopic (exact) mass is 520 g/mol. The minimum absolute atomic E-state index is 0.143. The number of nitrogens with zero attached hydrogens (tertiary/aromatic N) is 3. The van der Waals surface area contributed by atoms with Crippen molar-refractivity contribution in [2.75, 3.05) is 24.6 Å². The molecule has 0 saturated heterocycles. The lowest BCUT2D eigenvalue weighted by molar-refractivity contribution is 0.0949. The first-order chi connectivity index (χ1) is 17.6. The summed E-state index contributed by atoms with van der Waals surface area (Å²) in [5, 5.41) is 4.44. The Balaban J connectivity index is 1.27. The Morgan fingerprint density at radius 1 is 0.944 bits per heavy atom. The van der Waals surface area contributed by atoms with Gasteiger partial charge in [-0.25, -0.2) is 4.98 Å². The van der Waals surface area contributed by atoms with Gasteiger partial charge in [0.2, 0.25) is 0 Å². The number of hydrogen-bond donors (Lipinski definition) is 1. The molecule has 0 bridgehead atoms. The van der Waals surface area contributed by atoms with Gasteiger partial charge < -0.3 is 19.5 Å². The molecule has 1 aromatic heterocycles. The molecule has 2 heterocycles. The molecule has 0 atom stereocenters. The molecule has 6 nitrogen and oxygen atoms in total. The Bertz CT molecular complexity index is 1340. The lowest BCUT2D eigenvalue weighted by Crippen LogP contribution is -2.34. The number of imidazole rings is 1. The van der Waals surface area contributed by atoms with Crippen LogP contribution in [0, 0.1) is 0 Å². The molecule has 1 N–H and O–H groups in total. The van der Waals surface area contributed by atoms with Gasteiger partial charge in [-0.05, 0) is 53.9 Å². The third-order valence-corrected chi connectivity index (χ3v) is 6.72. The zero-order valence-electron chi connectivity index (χ0n) is 19.7. The van der Waals surface area contributed by atoms with Crippen molar-refractivity contribution in [3.8, 4) is 5.75 Å². The van der Waals surface area contributed by atoms with Gasteiger partial charge in [0.25, 0.3) is 5.91 Å². The molecule has 5 rings (SSSR count). The van der Waals surface area contributed by atoms with Gasteiger partial charge in [-0.2, -0.15) is 0 Å². The third kappa shape index (κ3) is 5.66. The van der Waals surface area contributed by atoms with Crippen molar-refractivity contribution in [3.63, 3.8) is 0 Å². The van der Waals surface area contributed by atoms with Crippen LogP contribution >= 0.6 is 23.2 Å². The van der Waals surface area contributed by atoms with Crippen molar-refractivity contribution in [1.82, 2.24) is 14.9 Å². The first-order valence-electron chi connectivity index (χ1n) is 11.8. The van der Waals surface area contributed by atoms with Crippen LogP contribution in [-0.2, 0) is 19.5 Å². The second kappa shape index (κ2) is 11.1. The minimum atomic E-state index is -0.143. The van der Waals surface area contributed by atoms with Crippen molar-refractivity contribution in [3.05, 3.63) is 112 Å². The predicted molar refractivity (Wildman–Crippen MR) is 143 cm³/mol. The van der Waals surface area contributed by atoms with E-state index in [0.29, 0.717) is 42.6 Å². The highest BCUT2D eigenvalue weighted by Crippen LogP contribution is 2.35. The SMILES string of the molecule is O=C(NCCc1ccc(Cl)cc1)c1cccc2c1OCCN2Cc1cncn1Cc1ccc(Cl)cc1. The molecule has 1 aliphatic rings. The third-order valence-electron chi connectivity index (χ3n) is 6.22. The number of anilines is 1. The highest BCUT2D eigenvalue weighted by molar-refractivity contribution is 6.30. The Morgan fingerprint density at radius 2 is 1.67 bits per heavy atom. The van der Waals surface area contributed by atoms with E-state index in [9.17, 15) is 4.79 Å². The van der Waals surface area contributed by atoms with Crippen LogP contribution in [0.1, 0.15) is 27.2 Å². The Morgan fingerprint density at radius 3 is 2.42 bits per heavy atom. The van der Waals surface area contributed by atoms with Crippen LogP contribution in [0.15, 0.2) is 79.3 Å². The first-order valence-corrected chi connectivity index (χ1v) is 12.6. The highest BCUT2D eigenvalue weighted by atomic mass is 35.5. The average molecular weight is 521 g/mol. The van der Waals surface area contributed by atoms with Crippen LogP contribution < -0.4 is 15.0 Å². The smallest absolute Gasteiger partial charge is 0.255 e. The summed E-state index contributed by atoms with van der Waals surface area (Å²) in [6.07, 6.45) is 4.46. The lowest BCUT2D eigenvalue weighted by atomic mass is 10.1. The Kier molecular flexibility index (Phi) is 7.44. The van der Waals surface area contributed by atoms with Crippen LogP contribution in [0.2, 0.25) is 10.0 Å². The molecule has 184 valence electrons. The van der Waals surface area contributed by atoms with Crippen LogP contribution in [0.25, 0.3) is 0 Å².